The van der Waals surface area contributed by atoms with Crippen molar-refractivity contribution in [3.63, 3.8) is 0 Å². The Hall–Kier alpha value is -1.62. The molecule has 0 aliphatic rings. The SMILES string of the molecule is O=C(Cc1ccccc1Nc1c(Cl)cccc1Cl)Nc1cc(Cl)c(Cl)cc1Cl. The summed E-state index contributed by atoms with van der Waals surface area (Å²) in [7, 11) is 0. The summed E-state index contributed by atoms with van der Waals surface area (Å²) in [6.45, 7) is 0. The summed E-state index contributed by atoms with van der Waals surface area (Å²) in [6, 6.07) is 15.6. The number of rotatable bonds is 5. The van der Waals surface area contributed by atoms with Crippen LogP contribution in [0.1, 0.15) is 5.56 Å². The van der Waals surface area contributed by atoms with Gasteiger partial charge in [-0.25, -0.2) is 0 Å². The third-order valence-corrected chi connectivity index (χ3v) is 5.54. The standard InChI is InChI=1S/C20H13Cl5N2O/c21-12-5-3-6-13(22)20(12)27-17-7-2-1-4-11(17)8-19(28)26-18-10-15(24)14(23)9-16(18)25/h1-7,9-10,27H,8H2,(H,26,28). The summed E-state index contributed by atoms with van der Waals surface area (Å²) in [5.74, 6) is -0.264. The van der Waals surface area contributed by atoms with E-state index in [1.54, 1.807) is 18.2 Å². The van der Waals surface area contributed by atoms with Gasteiger partial charge < -0.3 is 10.6 Å². The largest absolute Gasteiger partial charge is 0.353 e. The normalized spacial score (nSPS) is 10.6. The van der Waals surface area contributed by atoms with E-state index in [0.29, 0.717) is 42.2 Å². The molecule has 0 atom stereocenters. The molecular weight excluding hydrogens is 461 g/mol. The third kappa shape index (κ3) is 5.05. The van der Waals surface area contributed by atoms with Crippen LogP contribution in [-0.2, 0) is 11.2 Å². The molecule has 0 saturated carbocycles. The van der Waals surface area contributed by atoms with E-state index < -0.39 is 0 Å². The van der Waals surface area contributed by atoms with Crippen LogP contribution in [0.3, 0.4) is 0 Å². The average Bonchev–Trinajstić information content (AvgIpc) is 2.64. The van der Waals surface area contributed by atoms with E-state index >= 15 is 0 Å². The minimum absolute atomic E-state index is 0.0990. The molecule has 0 saturated heterocycles. The Morgan fingerprint density at radius 2 is 1.36 bits per heavy atom. The van der Waals surface area contributed by atoms with Gasteiger partial charge in [0.15, 0.2) is 0 Å². The van der Waals surface area contributed by atoms with Gasteiger partial charge in [0.2, 0.25) is 5.91 Å². The molecule has 3 aromatic carbocycles. The number of carbonyl (C=O) groups is 1. The van der Waals surface area contributed by atoms with Crippen LogP contribution >= 0.6 is 58.0 Å². The fraction of sp³-hybridized carbons (Fsp3) is 0.0500. The topological polar surface area (TPSA) is 41.1 Å². The highest BCUT2D eigenvalue weighted by Crippen LogP contribution is 2.34. The second kappa shape index (κ2) is 9.25. The minimum atomic E-state index is -0.264. The van der Waals surface area contributed by atoms with E-state index in [0.717, 1.165) is 5.56 Å². The van der Waals surface area contributed by atoms with Crippen LogP contribution in [0, 0.1) is 0 Å². The van der Waals surface area contributed by atoms with Gasteiger partial charge in [-0.3, -0.25) is 4.79 Å². The van der Waals surface area contributed by atoms with Gasteiger partial charge in [0, 0.05) is 5.69 Å². The van der Waals surface area contributed by atoms with Gasteiger partial charge in [0.25, 0.3) is 0 Å². The smallest absolute Gasteiger partial charge is 0.228 e. The molecule has 3 nitrogen and oxygen atoms in total. The lowest BCUT2D eigenvalue weighted by atomic mass is 10.1. The molecule has 8 heteroatoms. The number of carbonyl (C=O) groups excluding carboxylic acids is 1. The van der Waals surface area contributed by atoms with Crippen LogP contribution in [0.2, 0.25) is 25.1 Å². The molecule has 0 radical (unpaired) electrons. The van der Waals surface area contributed by atoms with Crippen molar-refractivity contribution in [1.29, 1.82) is 0 Å². The highest BCUT2D eigenvalue weighted by molar-refractivity contribution is 6.44. The molecule has 1 amide bonds. The molecular formula is C20H13Cl5N2O. The molecule has 3 rings (SSSR count). The van der Waals surface area contributed by atoms with Gasteiger partial charge in [-0.1, -0.05) is 82.3 Å². The fourth-order valence-electron chi connectivity index (χ4n) is 2.53. The van der Waals surface area contributed by atoms with Crippen LogP contribution in [0.15, 0.2) is 54.6 Å². The maximum absolute atomic E-state index is 12.5. The van der Waals surface area contributed by atoms with E-state index in [1.807, 2.05) is 24.3 Å². The predicted octanol–water partition coefficient (Wildman–Crippen LogP) is 7.88. The highest BCUT2D eigenvalue weighted by atomic mass is 35.5. The number of nitrogens with one attached hydrogen (secondary N) is 2. The number of hydrogen-bond acceptors (Lipinski definition) is 2. The van der Waals surface area contributed by atoms with Crippen molar-refractivity contribution in [3.8, 4) is 0 Å². The summed E-state index contributed by atoms with van der Waals surface area (Å²) in [5, 5.41) is 7.83. The van der Waals surface area contributed by atoms with Crippen molar-refractivity contribution >= 4 is 81.0 Å². The molecule has 0 aromatic heterocycles. The lowest BCUT2D eigenvalue weighted by Crippen LogP contribution is -2.15. The molecule has 0 spiro atoms. The number of anilines is 3. The maximum atomic E-state index is 12.5. The Balaban J connectivity index is 1.80. The van der Waals surface area contributed by atoms with E-state index in [9.17, 15) is 4.79 Å². The Kier molecular flexibility index (Phi) is 6.97. The molecule has 28 heavy (non-hydrogen) atoms. The molecule has 0 heterocycles. The Morgan fingerprint density at radius 3 is 2.07 bits per heavy atom. The Labute approximate surface area is 187 Å². The van der Waals surface area contributed by atoms with E-state index in [4.69, 9.17) is 58.0 Å². The number of para-hydroxylation sites is 2. The van der Waals surface area contributed by atoms with E-state index in [2.05, 4.69) is 10.6 Å². The highest BCUT2D eigenvalue weighted by Gasteiger charge is 2.13. The van der Waals surface area contributed by atoms with Crippen molar-refractivity contribution in [1.82, 2.24) is 0 Å². The zero-order valence-corrected chi connectivity index (χ0v) is 18.0. The zero-order chi connectivity index (χ0) is 20.3. The Bertz CT molecular complexity index is 1020. The van der Waals surface area contributed by atoms with Crippen molar-refractivity contribution in [3.05, 3.63) is 85.3 Å². The molecule has 0 aliphatic carbocycles. The Morgan fingerprint density at radius 1 is 0.714 bits per heavy atom. The summed E-state index contributed by atoms with van der Waals surface area (Å²) in [5.41, 5.74) is 2.44. The van der Waals surface area contributed by atoms with Gasteiger partial charge in [0.1, 0.15) is 0 Å². The van der Waals surface area contributed by atoms with Crippen molar-refractivity contribution in [2.24, 2.45) is 0 Å². The first-order valence-electron chi connectivity index (χ1n) is 8.08. The first-order chi connectivity index (χ1) is 13.3. The number of halogens is 5. The average molecular weight is 475 g/mol. The van der Waals surface area contributed by atoms with Gasteiger partial charge in [0.05, 0.1) is 42.9 Å². The predicted molar refractivity (Wildman–Crippen MR) is 120 cm³/mol. The molecule has 0 fully saturated rings. The second-order valence-electron chi connectivity index (χ2n) is 5.85. The molecule has 144 valence electrons. The first kappa shape index (κ1) is 21.1. The molecule has 0 aliphatic heterocycles. The molecule has 0 bridgehead atoms. The van der Waals surface area contributed by atoms with Crippen LogP contribution in [0.4, 0.5) is 17.1 Å². The van der Waals surface area contributed by atoms with Crippen molar-refractivity contribution in [2.75, 3.05) is 10.6 Å². The number of benzene rings is 3. The fourth-order valence-corrected chi connectivity index (χ4v) is 3.62. The summed E-state index contributed by atoms with van der Waals surface area (Å²) >= 11 is 30.5. The molecule has 3 aromatic rings. The second-order valence-corrected chi connectivity index (χ2v) is 7.89. The first-order valence-corrected chi connectivity index (χ1v) is 9.97. The van der Waals surface area contributed by atoms with Gasteiger partial charge in [-0.15, -0.1) is 0 Å². The van der Waals surface area contributed by atoms with Crippen molar-refractivity contribution < 1.29 is 4.79 Å². The van der Waals surface area contributed by atoms with Crippen LogP contribution in [-0.4, -0.2) is 5.91 Å². The molecule has 2 N–H and O–H groups in total. The van der Waals surface area contributed by atoms with Gasteiger partial charge in [-0.2, -0.15) is 0 Å². The van der Waals surface area contributed by atoms with Crippen LogP contribution in [0.25, 0.3) is 0 Å². The minimum Gasteiger partial charge on any atom is -0.353 e. The summed E-state index contributed by atoms with van der Waals surface area (Å²) in [4.78, 5) is 12.5. The molecule has 0 unspecified atom stereocenters. The maximum Gasteiger partial charge on any atom is 0.228 e. The summed E-state index contributed by atoms with van der Waals surface area (Å²) in [6.07, 6.45) is 0.0990. The van der Waals surface area contributed by atoms with Crippen LogP contribution < -0.4 is 10.6 Å². The number of hydrogen-bond donors (Lipinski definition) is 2. The monoisotopic (exact) mass is 472 g/mol. The zero-order valence-electron chi connectivity index (χ0n) is 14.2. The number of amides is 1. The van der Waals surface area contributed by atoms with Gasteiger partial charge in [-0.05, 0) is 35.9 Å². The quantitative estimate of drug-likeness (QED) is 0.369. The van der Waals surface area contributed by atoms with E-state index in [1.165, 1.54) is 12.1 Å². The van der Waals surface area contributed by atoms with Gasteiger partial charge >= 0.3 is 0 Å². The lowest BCUT2D eigenvalue weighted by Gasteiger charge is -2.15. The summed E-state index contributed by atoms with van der Waals surface area (Å²) < 4.78 is 0. The lowest BCUT2D eigenvalue weighted by molar-refractivity contribution is -0.115. The van der Waals surface area contributed by atoms with E-state index in [-0.39, 0.29) is 12.3 Å². The van der Waals surface area contributed by atoms with Crippen LogP contribution in [0.5, 0.6) is 0 Å². The third-order valence-electron chi connectivity index (χ3n) is 3.87. The van der Waals surface area contributed by atoms with Crippen molar-refractivity contribution in [2.45, 2.75) is 6.42 Å².